The van der Waals surface area contributed by atoms with E-state index in [0.29, 0.717) is 18.0 Å². The fourth-order valence-electron chi connectivity index (χ4n) is 1.64. The van der Waals surface area contributed by atoms with Crippen molar-refractivity contribution in [1.29, 1.82) is 0 Å². The number of anilines is 1. The van der Waals surface area contributed by atoms with Crippen LogP contribution in [0.2, 0.25) is 0 Å². The van der Waals surface area contributed by atoms with E-state index in [4.69, 9.17) is 10.2 Å². The van der Waals surface area contributed by atoms with Gasteiger partial charge in [0.2, 0.25) is 18.2 Å². The van der Waals surface area contributed by atoms with E-state index >= 15 is 0 Å². The van der Waals surface area contributed by atoms with Crippen molar-refractivity contribution >= 4 is 23.4 Å². The first-order valence-electron chi connectivity index (χ1n) is 6.12. The molecule has 2 aromatic rings. The van der Waals surface area contributed by atoms with Gasteiger partial charge in [0.05, 0.1) is 6.04 Å². The summed E-state index contributed by atoms with van der Waals surface area (Å²) in [5.74, 6) is 1.07. The molecule has 0 spiro atoms. The largest absolute Gasteiger partial charge is 0.423 e. The summed E-state index contributed by atoms with van der Waals surface area (Å²) in [5, 5.41) is 10.2. The van der Waals surface area contributed by atoms with E-state index in [1.807, 2.05) is 18.4 Å². The van der Waals surface area contributed by atoms with Gasteiger partial charge in [-0.1, -0.05) is 6.07 Å². The number of rotatable bonds is 6. The highest BCUT2D eigenvalue weighted by atomic mass is 32.2. The number of carbonyl (C=O) groups excluding carboxylic acids is 1. The van der Waals surface area contributed by atoms with Crippen LogP contribution in [0.25, 0.3) is 11.5 Å². The summed E-state index contributed by atoms with van der Waals surface area (Å²) in [6.45, 7) is 0. The van der Waals surface area contributed by atoms with Gasteiger partial charge in [0.1, 0.15) is 0 Å². The van der Waals surface area contributed by atoms with Crippen LogP contribution in [0.5, 0.6) is 0 Å². The van der Waals surface area contributed by atoms with Gasteiger partial charge in [-0.2, -0.15) is 11.8 Å². The molecule has 0 unspecified atom stereocenters. The van der Waals surface area contributed by atoms with Crippen molar-refractivity contribution in [2.45, 2.75) is 12.5 Å². The first-order valence-corrected chi connectivity index (χ1v) is 7.52. The molecule has 1 heterocycles. The fraction of sp³-hybridized carbons (Fsp3) is 0.308. The Bertz CT molecular complexity index is 559. The highest BCUT2D eigenvalue weighted by molar-refractivity contribution is 7.98. The van der Waals surface area contributed by atoms with Crippen LogP contribution in [0.1, 0.15) is 6.42 Å². The molecule has 0 aliphatic heterocycles. The molecule has 1 amide bonds. The van der Waals surface area contributed by atoms with E-state index in [1.165, 1.54) is 6.39 Å². The van der Waals surface area contributed by atoms with Crippen molar-refractivity contribution in [3.8, 4) is 11.5 Å². The van der Waals surface area contributed by atoms with Crippen LogP contribution in [0.15, 0.2) is 35.1 Å². The number of amides is 1. The van der Waals surface area contributed by atoms with Crippen molar-refractivity contribution in [2.75, 3.05) is 17.3 Å². The van der Waals surface area contributed by atoms with Gasteiger partial charge in [-0.3, -0.25) is 4.79 Å². The number of aromatic nitrogens is 2. The maximum Gasteiger partial charge on any atom is 0.247 e. The zero-order valence-corrected chi connectivity index (χ0v) is 11.9. The Labute approximate surface area is 121 Å². The molecule has 1 aromatic heterocycles. The first kappa shape index (κ1) is 14.5. The van der Waals surface area contributed by atoms with E-state index in [2.05, 4.69) is 15.5 Å². The molecule has 2 rings (SSSR count). The lowest BCUT2D eigenvalue weighted by Crippen LogP contribution is -2.36. The second-order valence-electron chi connectivity index (χ2n) is 4.20. The molecule has 3 N–H and O–H groups in total. The van der Waals surface area contributed by atoms with Crippen molar-refractivity contribution in [1.82, 2.24) is 10.2 Å². The minimum absolute atomic E-state index is 0.193. The predicted octanol–water partition coefficient (Wildman–Crippen LogP) is 1.76. The van der Waals surface area contributed by atoms with Crippen LogP contribution in [-0.2, 0) is 4.79 Å². The van der Waals surface area contributed by atoms with Crippen LogP contribution >= 0.6 is 11.8 Å². The van der Waals surface area contributed by atoms with Crippen molar-refractivity contribution < 1.29 is 9.21 Å². The topological polar surface area (TPSA) is 94.0 Å². The molecular formula is C13H16N4O2S. The Morgan fingerprint density at radius 3 is 3.10 bits per heavy atom. The van der Waals surface area contributed by atoms with Crippen LogP contribution in [0.4, 0.5) is 5.69 Å². The maximum absolute atomic E-state index is 11.9. The number of hydrogen-bond donors (Lipinski definition) is 2. The third-order valence-electron chi connectivity index (χ3n) is 2.71. The molecule has 0 bridgehead atoms. The van der Waals surface area contributed by atoms with Gasteiger partial charge in [-0.25, -0.2) is 0 Å². The second kappa shape index (κ2) is 7.06. The fourth-order valence-corrected chi connectivity index (χ4v) is 2.13. The molecule has 20 heavy (non-hydrogen) atoms. The van der Waals surface area contributed by atoms with Crippen LogP contribution in [0.3, 0.4) is 0 Å². The van der Waals surface area contributed by atoms with E-state index in [0.717, 1.165) is 11.3 Å². The minimum Gasteiger partial charge on any atom is -0.423 e. The highest BCUT2D eigenvalue weighted by Crippen LogP contribution is 2.20. The molecule has 7 heteroatoms. The third-order valence-corrected chi connectivity index (χ3v) is 3.35. The summed E-state index contributed by atoms with van der Waals surface area (Å²) < 4.78 is 5.12. The van der Waals surface area contributed by atoms with Crippen LogP contribution < -0.4 is 11.1 Å². The normalized spacial score (nSPS) is 12.1. The monoisotopic (exact) mass is 292 g/mol. The molecule has 106 valence electrons. The summed E-state index contributed by atoms with van der Waals surface area (Å²) >= 11 is 1.67. The van der Waals surface area contributed by atoms with Crippen LogP contribution in [-0.4, -0.2) is 34.2 Å². The number of benzene rings is 1. The van der Waals surface area contributed by atoms with E-state index in [9.17, 15) is 4.79 Å². The lowest BCUT2D eigenvalue weighted by Gasteiger charge is -2.11. The number of nitrogens with one attached hydrogen (secondary N) is 1. The van der Waals surface area contributed by atoms with E-state index < -0.39 is 6.04 Å². The lowest BCUT2D eigenvalue weighted by molar-refractivity contribution is -0.117. The Kier molecular flexibility index (Phi) is 5.14. The smallest absolute Gasteiger partial charge is 0.247 e. The Morgan fingerprint density at radius 1 is 1.55 bits per heavy atom. The predicted molar refractivity (Wildman–Crippen MR) is 79.3 cm³/mol. The SMILES string of the molecule is CSCC[C@H](N)C(=O)Nc1cccc(-c2nnco2)c1. The zero-order valence-electron chi connectivity index (χ0n) is 11.1. The molecule has 0 aliphatic carbocycles. The standard InChI is InChI=1S/C13H16N4O2S/c1-20-6-5-11(14)12(18)16-10-4-2-3-9(7-10)13-17-15-8-19-13/h2-4,7-8,11H,5-6,14H2,1H3,(H,16,18)/t11-/m0/s1. The highest BCUT2D eigenvalue weighted by Gasteiger charge is 2.13. The van der Waals surface area contributed by atoms with Crippen molar-refractivity contribution in [2.24, 2.45) is 5.73 Å². The van der Waals surface area contributed by atoms with Gasteiger partial charge in [0.15, 0.2) is 0 Å². The first-order chi connectivity index (χ1) is 9.70. The molecule has 0 saturated heterocycles. The number of nitrogens with two attached hydrogens (primary N) is 1. The van der Waals surface area contributed by atoms with Crippen molar-refractivity contribution in [3.63, 3.8) is 0 Å². The molecule has 1 aromatic carbocycles. The second-order valence-corrected chi connectivity index (χ2v) is 5.19. The zero-order chi connectivity index (χ0) is 14.4. The minimum atomic E-state index is -0.505. The molecule has 0 radical (unpaired) electrons. The molecule has 0 fully saturated rings. The maximum atomic E-state index is 11.9. The van der Waals surface area contributed by atoms with Gasteiger partial charge in [0.25, 0.3) is 0 Å². The molecule has 1 atom stereocenters. The third kappa shape index (κ3) is 3.82. The van der Waals surface area contributed by atoms with E-state index in [-0.39, 0.29) is 5.91 Å². The summed E-state index contributed by atoms with van der Waals surface area (Å²) in [7, 11) is 0. The molecule has 0 saturated carbocycles. The van der Waals surface area contributed by atoms with Gasteiger partial charge in [0, 0.05) is 11.3 Å². The Balaban J connectivity index is 2.03. The number of hydrogen-bond acceptors (Lipinski definition) is 6. The lowest BCUT2D eigenvalue weighted by atomic mass is 10.2. The summed E-state index contributed by atoms with van der Waals surface area (Å²) in [5.41, 5.74) is 7.22. The quantitative estimate of drug-likeness (QED) is 0.842. The number of nitrogens with zero attached hydrogens (tertiary/aromatic N) is 2. The Morgan fingerprint density at radius 2 is 2.40 bits per heavy atom. The summed E-state index contributed by atoms with van der Waals surface area (Å²) in [6.07, 6.45) is 3.90. The van der Waals surface area contributed by atoms with Gasteiger partial charge in [-0.05, 0) is 36.6 Å². The average molecular weight is 292 g/mol. The molecule has 6 nitrogen and oxygen atoms in total. The van der Waals surface area contributed by atoms with E-state index in [1.54, 1.807) is 23.9 Å². The summed E-state index contributed by atoms with van der Waals surface area (Å²) in [6, 6.07) is 6.69. The van der Waals surface area contributed by atoms with Gasteiger partial charge < -0.3 is 15.5 Å². The number of carbonyl (C=O) groups is 1. The van der Waals surface area contributed by atoms with Gasteiger partial charge >= 0.3 is 0 Å². The van der Waals surface area contributed by atoms with Gasteiger partial charge in [-0.15, -0.1) is 10.2 Å². The molecular weight excluding hydrogens is 276 g/mol. The van der Waals surface area contributed by atoms with Crippen molar-refractivity contribution in [3.05, 3.63) is 30.7 Å². The Hall–Kier alpha value is -1.86. The summed E-state index contributed by atoms with van der Waals surface area (Å²) in [4.78, 5) is 11.9. The molecule has 0 aliphatic rings. The van der Waals surface area contributed by atoms with Crippen LogP contribution in [0, 0.1) is 0 Å². The number of thioether (sulfide) groups is 1. The average Bonchev–Trinajstić information content (AvgIpc) is 2.99.